The van der Waals surface area contributed by atoms with Crippen LogP contribution in [-0.4, -0.2) is 34.7 Å². The second kappa shape index (κ2) is 9.11. The Kier molecular flexibility index (Phi) is 6.57. The molecule has 0 fully saturated rings. The van der Waals surface area contributed by atoms with Gasteiger partial charge < -0.3 is 9.64 Å². The highest BCUT2D eigenvalue weighted by molar-refractivity contribution is 8.00. The fraction of sp³-hybridized carbons (Fsp3) is 0.304. The van der Waals surface area contributed by atoms with Crippen LogP contribution in [0.5, 0.6) is 5.75 Å². The van der Waals surface area contributed by atoms with Crippen LogP contribution in [0.25, 0.3) is 10.9 Å². The van der Waals surface area contributed by atoms with Crippen molar-refractivity contribution in [1.29, 1.82) is 0 Å². The third-order valence-corrected chi connectivity index (χ3v) is 5.76. The number of thioether (sulfide) groups is 1. The Hall–Kier alpha value is -2.53. The minimum atomic E-state index is -0.210. The number of carbonyl (C=O) groups excluding carboxylic acids is 1. The van der Waals surface area contributed by atoms with Gasteiger partial charge >= 0.3 is 0 Å². The van der Waals surface area contributed by atoms with Gasteiger partial charge in [-0.05, 0) is 50.1 Å². The Labute approximate surface area is 170 Å². The molecule has 4 nitrogen and oxygen atoms in total. The summed E-state index contributed by atoms with van der Waals surface area (Å²) < 4.78 is 5.32. The number of aryl methyl sites for hydroxylation is 1. The van der Waals surface area contributed by atoms with Gasteiger partial charge in [0.25, 0.3) is 0 Å². The molecule has 2 aromatic carbocycles. The molecule has 0 aliphatic rings. The van der Waals surface area contributed by atoms with Crippen molar-refractivity contribution >= 4 is 28.6 Å². The van der Waals surface area contributed by atoms with Gasteiger partial charge in [-0.1, -0.05) is 42.1 Å². The van der Waals surface area contributed by atoms with E-state index in [2.05, 4.69) is 25.1 Å². The number of ether oxygens (including phenoxy) is 1. The summed E-state index contributed by atoms with van der Waals surface area (Å²) in [5.74, 6) is 0.909. The SMILES string of the molecule is CCN(Cc1ccccc1)C(=O)C(C)Sc1cc(C)c2ccc(OC)cc2n1. The fourth-order valence-corrected chi connectivity index (χ4v) is 4.18. The zero-order chi connectivity index (χ0) is 20.1. The van der Waals surface area contributed by atoms with Gasteiger partial charge in [0.15, 0.2) is 0 Å². The Balaban J connectivity index is 1.77. The molecule has 3 rings (SSSR count). The number of benzene rings is 2. The van der Waals surface area contributed by atoms with E-state index >= 15 is 0 Å². The lowest BCUT2D eigenvalue weighted by molar-refractivity contribution is -0.130. The van der Waals surface area contributed by atoms with E-state index in [4.69, 9.17) is 9.72 Å². The molecule has 1 atom stereocenters. The van der Waals surface area contributed by atoms with E-state index in [1.54, 1.807) is 7.11 Å². The van der Waals surface area contributed by atoms with E-state index in [1.807, 2.05) is 55.1 Å². The highest BCUT2D eigenvalue weighted by Gasteiger charge is 2.21. The monoisotopic (exact) mass is 394 g/mol. The Morgan fingerprint density at radius 1 is 1.18 bits per heavy atom. The van der Waals surface area contributed by atoms with E-state index in [1.165, 1.54) is 11.8 Å². The smallest absolute Gasteiger partial charge is 0.236 e. The summed E-state index contributed by atoms with van der Waals surface area (Å²) in [4.78, 5) is 19.6. The number of amides is 1. The van der Waals surface area contributed by atoms with E-state index in [0.29, 0.717) is 13.1 Å². The van der Waals surface area contributed by atoms with E-state index in [9.17, 15) is 4.79 Å². The second-order valence-electron chi connectivity index (χ2n) is 6.76. The summed E-state index contributed by atoms with van der Waals surface area (Å²) in [7, 11) is 1.65. The first-order valence-corrected chi connectivity index (χ1v) is 10.3. The molecule has 1 aromatic heterocycles. The van der Waals surface area contributed by atoms with Crippen LogP contribution in [0.15, 0.2) is 59.6 Å². The first-order valence-electron chi connectivity index (χ1n) is 9.46. The fourth-order valence-electron chi connectivity index (χ4n) is 3.18. The van der Waals surface area contributed by atoms with Crippen LogP contribution >= 0.6 is 11.8 Å². The number of hydrogen-bond donors (Lipinski definition) is 0. The summed E-state index contributed by atoms with van der Waals surface area (Å²) >= 11 is 1.51. The van der Waals surface area contributed by atoms with Crippen LogP contribution in [0.3, 0.4) is 0 Å². The normalized spacial score (nSPS) is 12.0. The highest BCUT2D eigenvalue weighted by atomic mass is 32.2. The summed E-state index contributed by atoms with van der Waals surface area (Å²) in [6.45, 7) is 7.35. The Morgan fingerprint density at radius 2 is 1.93 bits per heavy atom. The zero-order valence-corrected chi connectivity index (χ0v) is 17.6. The van der Waals surface area contributed by atoms with Gasteiger partial charge in [-0.3, -0.25) is 4.79 Å². The molecule has 28 heavy (non-hydrogen) atoms. The molecule has 0 bridgehead atoms. The number of aromatic nitrogens is 1. The van der Waals surface area contributed by atoms with Crippen molar-refractivity contribution in [3.63, 3.8) is 0 Å². The lowest BCUT2D eigenvalue weighted by Crippen LogP contribution is -2.36. The van der Waals surface area contributed by atoms with Crippen molar-refractivity contribution in [2.24, 2.45) is 0 Å². The van der Waals surface area contributed by atoms with Gasteiger partial charge in [0.2, 0.25) is 5.91 Å². The molecule has 0 aliphatic carbocycles. The maximum absolute atomic E-state index is 13.0. The Morgan fingerprint density at radius 3 is 2.61 bits per heavy atom. The number of fused-ring (bicyclic) bond motifs is 1. The molecule has 0 saturated carbocycles. The van der Waals surface area contributed by atoms with Gasteiger partial charge in [0, 0.05) is 24.5 Å². The minimum absolute atomic E-state index is 0.126. The predicted octanol–water partition coefficient (Wildman–Crippen LogP) is 5.08. The molecule has 0 radical (unpaired) electrons. The van der Waals surface area contributed by atoms with Crippen molar-refractivity contribution in [3.8, 4) is 5.75 Å². The average Bonchev–Trinajstić information content (AvgIpc) is 2.71. The molecule has 1 unspecified atom stereocenters. The lowest BCUT2D eigenvalue weighted by atomic mass is 10.1. The third-order valence-electron chi connectivity index (χ3n) is 4.76. The molecule has 0 saturated heterocycles. The van der Waals surface area contributed by atoms with Crippen molar-refractivity contribution in [2.75, 3.05) is 13.7 Å². The van der Waals surface area contributed by atoms with Gasteiger partial charge in [0.05, 0.1) is 22.9 Å². The predicted molar refractivity (Wildman–Crippen MR) is 116 cm³/mol. The van der Waals surface area contributed by atoms with Crippen molar-refractivity contribution in [1.82, 2.24) is 9.88 Å². The lowest BCUT2D eigenvalue weighted by Gasteiger charge is -2.24. The quantitative estimate of drug-likeness (QED) is 0.524. The summed E-state index contributed by atoms with van der Waals surface area (Å²) in [5, 5.41) is 1.75. The van der Waals surface area contributed by atoms with Crippen molar-refractivity contribution < 1.29 is 9.53 Å². The number of rotatable bonds is 7. The maximum Gasteiger partial charge on any atom is 0.236 e. The average molecular weight is 395 g/mol. The van der Waals surface area contributed by atoms with Crippen LogP contribution in [0.2, 0.25) is 0 Å². The van der Waals surface area contributed by atoms with E-state index in [-0.39, 0.29) is 11.2 Å². The van der Waals surface area contributed by atoms with Crippen molar-refractivity contribution in [2.45, 2.75) is 37.6 Å². The third kappa shape index (κ3) is 4.65. The molecule has 0 N–H and O–H groups in total. The molecular formula is C23H26N2O2S. The molecule has 0 aliphatic heterocycles. The van der Waals surface area contributed by atoms with E-state index in [0.717, 1.165) is 32.8 Å². The number of methoxy groups -OCH3 is 1. The molecule has 1 amide bonds. The number of nitrogens with zero attached hydrogens (tertiary/aromatic N) is 2. The first kappa shape index (κ1) is 20.2. The standard InChI is InChI=1S/C23H26N2O2S/c1-5-25(15-18-9-7-6-8-10-18)23(26)17(3)28-22-13-16(2)20-12-11-19(27-4)14-21(20)24-22/h6-14,17H,5,15H2,1-4H3. The van der Waals surface area contributed by atoms with E-state index < -0.39 is 0 Å². The topological polar surface area (TPSA) is 42.4 Å². The number of hydrogen-bond acceptors (Lipinski definition) is 4. The molecule has 0 spiro atoms. The summed E-state index contributed by atoms with van der Waals surface area (Å²) in [6.07, 6.45) is 0. The second-order valence-corrected chi connectivity index (χ2v) is 8.12. The van der Waals surface area contributed by atoms with Crippen LogP contribution in [-0.2, 0) is 11.3 Å². The molecule has 5 heteroatoms. The molecule has 1 heterocycles. The van der Waals surface area contributed by atoms with Crippen LogP contribution in [0.1, 0.15) is 25.0 Å². The summed E-state index contributed by atoms with van der Waals surface area (Å²) in [6, 6.07) is 18.1. The number of carbonyl (C=O) groups is 1. The van der Waals surface area contributed by atoms with Gasteiger partial charge in [0.1, 0.15) is 5.75 Å². The van der Waals surface area contributed by atoms with Crippen molar-refractivity contribution in [3.05, 3.63) is 65.7 Å². The van der Waals surface area contributed by atoms with Gasteiger partial charge in [-0.2, -0.15) is 0 Å². The molecule has 3 aromatic rings. The molecular weight excluding hydrogens is 368 g/mol. The maximum atomic E-state index is 13.0. The first-order chi connectivity index (χ1) is 13.5. The minimum Gasteiger partial charge on any atom is -0.497 e. The largest absolute Gasteiger partial charge is 0.497 e. The van der Waals surface area contributed by atoms with Crippen LogP contribution in [0, 0.1) is 6.92 Å². The molecule has 146 valence electrons. The number of pyridine rings is 1. The highest BCUT2D eigenvalue weighted by Crippen LogP contribution is 2.29. The Bertz CT molecular complexity index is 959. The van der Waals surface area contributed by atoms with Crippen LogP contribution < -0.4 is 4.74 Å². The van der Waals surface area contributed by atoms with Gasteiger partial charge in [-0.25, -0.2) is 4.98 Å². The van der Waals surface area contributed by atoms with Gasteiger partial charge in [-0.15, -0.1) is 0 Å². The van der Waals surface area contributed by atoms with Crippen LogP contribution in [0.4, 0.5) is 0 Å². The summed E-state index contributed by atoms with van der Waals surface area (Å²) in [5.41, 5.74) is 3.17. The zero-order valence-electron chi connectivity index (χ0n) is 16.8.